The molecule has 7 heteroatoms. The van der Waals surface area contributed by atoms with Crippen LogP contribution in [0.1, 0.15) is 17.3 Å². The van der Waals surface area contributed by atoms with Gasteiger partial charge in [-0.3, -0.25) is 14.6 Å². The Bertz CT molecular complexity index is 959. The van der Waals surface area contributed by atoms with E-state index < -0.39 is 0 Å². The third-order valence-electron chi connectivity index (χ3n) is 3.86. The molecule has 0 bridgehead atoms. The Balaban J connectivity index is 1.52. The van der Waals surface area contributed by atoms with Crippen LogP contribution in [0.25, 0.3) is 0 Å². The molecule has 7 nitrogen and oxygen atoms in total. The summed E-state index contributed by atoms with van der Waals surface area (Å²) in [5, 5.41) is 5.52. The summed E-state index contributed by atoms with van der Waals surface area (Å²) in [6.07, 6.45) is 3.10. The van der Waals surface area contributed by atoms with Gasteiger partial charge in [-0.25, -0.2) is 0 Å². The van der Waals surface area contributed by atoms with Crippen molar-refractivity contribution in [3.63, 3.8) is 0 Å². The number of amides is 2. The van der Waals surface area contributed by atoms with E-state index in [2.05, 4.69) is 15.6 Å². The Morgan fingerprint density at radius 3 is 2.14 bits per heavy atom. The van der Waals surface area contributed by atoms with Gasteiger partial charge < -0.3 is 20.1 Å². The van der Waals surface area contributed by atoms with Crippen LogP contribution >= 0.6 is 0 Å². The van der Waals surface area contributed by atoms with E-state index in [-0.39, 0.29) is 18.4 Å². The lowest BCUT2D eigenvalue weighted by Gasteiger charge is -2.12. The van der Waals surface area contributed by atoms with Crippen LogP contribution in [0, 0.1) is 0 Å². The van der Waals surface area contributed by atoms with Crippen LogP contribution in [0.15, 0.2) is 73.1 Å². The molecule has 0 saturated heterocycles. The van der Waals surface area contributed by atoms with Gasteiger partial charge in [-0.15, -0.1) is 0 Å². The molecule has 3 rings (SSSR count). The normalized spacial score (nSPS) is 10.1. The number of hydrogen-bond donors (Lipinski definition) is 2. The second-order valence-electron chi connectivity index (χ2n) is 5.99. The molecule has 3 aromatic rings. The van der Waals surface area contributed by atoms with Gasteiger partial charge in [0, 0.05) is 23.8 Å². The van der Waals surface area contributed by atoms with E-state index in [1.54, 1.807) is 54.7 Å². The van der Waals surface area contributed by atoms with Gasteiger partial charge in [-0.05, 0) is 55.5 Å². The number of aromatic nitrogens is 1. The molecular formula is C22H21N3O4. The summed E-state index contributed by atoms with van der Waals surface area (Å²) in [5.41, 5.74) is 1.67. The maximum absolute atomic E-state index is 12.1. The second-order valence-corrected chi connectivity index (χ2v) is 5.99. The molecule has 148 valence electrons. The Morgan fingerprint density at radius 2 is 1.52 bits per heavy atom. The van der Waals surface area contributed by atoms with E-state index in [1.165, 1.54) is 6.20 Å². The molecule has 1 aromatic heterocycles. The minimum absolute atomic E-state index is 0.149. The molecule has 0 spiro atoms. The average molecular weight is 391 g/mol. The van der Waals surface area contributed by atoms with E-state index >= 15 is 0 Å². The van der Waals surface area contributed by atoms with Gasteiger partial charge in [0.1, 0.15) is 0 Å². The molecule has 0 aliphatic heterocycles. The SMILES string of the molecule is CCOc1ccccc1OCC(=O)Nc1ccc(NC(=O)c2cccnc2)cc1. The third-order valence-corrected chi connectivity index (χ3v) is 3.86. The van der Waals surface area contributed by atoms with Crippen molar-refractivity contribution >= 4 is 23.2 Å². The molecule has 0 aliphatic rings. The lowest BCUT2D eigenvalue weighted by atomic mass is 10.2. The number of benzene rings is 2. The van der Waals surface area contributed by atoms with Crippen LogP contribution in [-0.4, -0.2) is 30.0 Å². The van der Waals surface area contributed by atoms with Crippen molar-refractivity contribution in [3.8, 4) is 11.5 Å². The molecule has 0 saturated carbocycles. The average Bonchev–Trinajstić information content (AvgIpc) is 2.75. The second kappa shape index (κ2) is 9.89. The smallest absolute Gasteiger partial charge is 0.262 e. The van der Waals surface area contributed by atoms with Crippen molar-refractivity contribution in [2.45, 2.75) is 6.92 Å². The highest BCUT2D eigenvalue weighted by Gasteiger charge is 2.09. The monoisotopic (exact) mass is 391 g/mol. The van der Waals surface area contributed by atoms with Gasteiger partial charge in [-0.1, -0.05) is 12.1 Å². The zero-order chi connectivity index (χ0) is 20.5. The molecule has 29 heavy (non-hydrogen) atoms. The van der Waals surface area contributed by atoms with Gasteiger partial charge >= 0.3 is 0 Å². The quantitative estimate of drug-likeness (QED) is 0.610. The largest absolute Gasteiger partial charge is 0.490 e. The predicted octanol–water partition coefficient (Wildman–Crippen LogP) is 3.75. The highest BCUT2D eigenvalue weighted by Crippen LogP contribution is 2.26. The molecule has 2 amide bonds. The number of anilines is 2. The van der Waals surface area contributed by atoms with Crippen molar-refractivity contribution in [1.82, 2.24) is 4.98 Å². The van der Waals surface area contributed by atoms with Crippen molar-refractivity contribution in [1.29, 1.82) is 0 Å². The first-order valence-corrected chi connectivity index (χ1v) is 9.11. The number of nitrogens with one attached hydrogen (secondary N) is 2. The minimum atomic E-state index is -0.302. The lowest BCUT2D eigenvalue weighted by Crippen LogP contribution is -2.20. The summed E-state index contributed by atoms with van der Waals surface area (Å²) in [6.45, 7) is 2.24. The number of carbonyl (C=O) groups excluding carboxylic acids is 2. The number of hydrogen-bond acceptors (Lipinski definition) is 5. The van der Waals surface area contributed by atoms with E-state index in [4.69, 9.17) is 9.47 Å². The van der Waals surface area contributed by atoms with Gasteiger partial charge in [-0.2, -0.15) is 0 Å². The first-order valence-electron chi connectivity index (χ1n) is 9.11. The molecule has 0 atom stereocenters. The molecule has 0 fully saturated rings. The van der Waals surface area contributed by atoms with Crippen molar-refractivity contribution < 1.29 is 19.1 Å². The Kier molecular flexibility index (Phi) is 6.78. The van der Waals surface area contributed by atoms with Crippen molar-refractivity contribution in [2.24, 2.45) is 0 Å². The fourth-order valence-corrected chi connectivity index (χ4v) is 2.52. The molecule has 0 aliphatic carbocycles. The Morgan fingerprint density at radius 1 is 0.862 bits per heavy atom. The third kappa shape index (κ3) is 5.80. The summed E-state index contributed by atoms with van der Waals surface area (Å²) < 4.78 is 11.0. The zero-order valence-corrected chi connectivity index (χ0v) is 15.9. The maximum Gasteiger partial charge on any atom is 0.262 e. The summed E-state index contributed by atoms with van der Waals surface area (Å²) >= 11 is 0. The summed E-state index contributed by atoms with van der Waals surface area (Å²) in [5.74, 6) is 0.550. The number of ether oxygens (including phenoxy) is 2. The van der Waals surface area contributed by atoms with Gasteiger partial charge in [0.05, 0.1) is 12.2 Å². The van der Waals surface area contributed by atoms with Crippen LogP contribution in [-0.2, 0) is 4.79 Å². The Labute approximate surface area is 168 Å². The molecule has 0 radical (unpaired) electrons. The maximum atomic E-state index is 12.1. The number of para-hydroxylation sites is 2. The first kappa shape index (κ1) is 19.9. The minimum Gasteiger partial charge on any atom is -0.490 e. The molecular weight excluding hydrogens is 370 g/mol. The fraction of sp³-hybridized carbons (Fsp3) is 0.136. The van der Waals surface area contributed by atoms with Crippen LogP contribution in [0.4, 0.5) is 11.4 Å². The Hall–Kier alpha value is -3.87. The molecule has 0 unspecified atom stereocenters. The van der Waals surface area contributed by atoms with E-state index in [0.717, 1.165) is 0 Å². The topological polar surface area (TPSA) is 89.5 Å². The molecule has 2 N–H and O–H groups in total. The first-order chi connectivity index (χ1) is 14.2. The van der Waals surface area contributed by atoms with E-state index in [9.17, 15) is 9.59 Å². The predicted molar refractivity (Wildman–Crippen MR) is 110 cm³/mol. The van der Waals surface area contributed by atoms with Crippen LogP contribution in [0.2, 0.25) is 0 Å². The van der Waals surface area contributed by atoms with E-state index in [0.29, 0.717) is 35.0 Å². The van der Waals surface area contributed by atoms with Crippen LogP contribution in [0.5, 0.6) is 11.5 Å². The van der Waals surface area contributed by atoms with Crippen LogP contribution in [0.3, 0.4) is 0 Å². The van der Waals surface area contributed by atoms with Gasteiger partial charge in [0.25, 0.3) is 11.8 Å². The highest BCUT2D eigenvalue weighted by atomic mass is 16.5. The molecule has 1 heterocycles. The van der Waals surface area contributed by atoms with Crippen molar-refractivity contribution in [2.75, 3.05) is 23.8 Å². The number of pyridine rings is 1. The fourth-order valence-electron chi connectivity index (χ4n) is 2.52. The number of rotatable bonds is 8. The number of carbonyl (C=O) groups is 2. The van der Waals surface area contributed by atoms with Crippen LogP contribution < -0.4 is 20.1 Å². The van der Waals surface area contributed by atoms with Gasteiger partial charge in [0.15, 0.2) is 18.1 Å². The molecule has 2 aromatic carbocycles. The summed E-state index contributed by atoms with van der Waals surface area (Å²) in [7, 11) is 0. The standard InChI is InChI=1S/C22H21N3O4/c1-2-28-19-7-3-4-8-20(19)29-15-21(26)24-17-9-11-18(12-10-17)25-22(27)16-6-5-13-23-14-16/h3-14H,2,15H2,1H3,(H,24,26)(H,25,27). The van der Waals surface area contributed by atoms with Crippen molar-refractivity contribution in [3.05, 3.63) is 78.6 Å². The summed E-state index contributed by atoms with van der Waals surface area (Å²) in [4.78, 5) is 28.2. The number of nitrogens with zero attached hydrogens (tertiary/aromatic N) is 1. The van der Waals surface area contributed by atoms with Gasteiger partial charge in [0.2, 0.25) is 0 Å². The van der Waals surface area contributed by atoms with E-state index in [1.807, 2.05) is 19.1 Å². The highest BCUT2D eigenvalue weighted by molar-refractivity contribution is 6.04. The summed E-state index contributed by atoms with van der Waals surface area (Å²) in [6, 6.07) is 17.4. The zero-order valence-electron chi connectivity index (χ0n) is 15.9. The lowest BCUT2D eigenvalue weighted by molar-refractivity contribution is -0.118.